The lowest BCUT2D eigenvalue weighted by atomic mass is 10.1. The molecule has 7 heteroatoms. The number of carbonyl (C=O) groups excluding carboxylic acids is 1. The molecule has 0 aliphatic heterocycles. The molecule has 2 atom stereocenters. The minimum Gasteiger partial charge on any atom is -0.479 e. The first-order valence-electron chi connectivity index (χ1n) is 5.98. The fourth-order valence-electron chi connectivity index (χ4n) is 2.03. The number of hydrogen-bond donors (Lipinski definition) is 3. The average Bonchev–Trinajstić information content (AvgIpc) is 2.72. The van der Waals surface area contributed by atoms with Gasteiger partial charge in [-0.2, -0.15) is 5.10 Å². The molecule has 0 bridgehead atoms. The van der Waals surface area contributed by atoms with Crippen LogP contribution in [-0.4, -0.2) is 38.5 Å². The van der Waals surface area contributed by atoms with E-state index in [0.29, 0.717) is 6.42 Å². The summed E-state index contributed by atoms with van der Waals surface area (Å²) in [6.45, 7) is 5.17. The Balaban J connectivity index is 2.08. The molecule has 0 radical (unpaired) electrons. The number of nitrogens with one attached hydrogen (secondary N) is 2. The summed E-state index contributed by atoms with van der Waals surface area (Å²) in [6, 6.07) is 0. The van der Waals surface area contributed by atoms with Crippen molar-refractivity contribution >= 4 is 12.1 Å². The summed E-state index contributed by atoms with van der Waals surface area (Å²) in [5, 5.41) is 18.2. The second kappa shape index (κ2) is 4.25. The average molecular weight is 267 g/mol. The third kappa shape index (κ3) is 2.69. The van der Waals surface area contributed by atoms with E-state index in [1.54, 1.807) is 33.2 Å². The molecule has 0 unspecified atom stereocenters. The third-order valence-corrected chi connectivity index (χ3v) is 2.99. The van der Waals surface area contributed by atoms with Gasteiger partial charge in [-0.05, 0) is 32.8 Å². The first kappa shape index (κ1) is 13.4. The number of carboxylic acid groups (broad SMARTS) is 1. The second-order valence-corrected chi connectivity index (χ2v) is 5.69. The van der Waals surface area contributed by atoms with Crippen LogP contribution in [-0.2, 0) is 9.53 Å². The number of alkyl carbamates (subject to hydrolysis) is 1. The van der Waals surface area contributed by atoms with Crippen molar-refractivity contribution in [3.63, 3.8) is 0 Å². The molecule has 7 nitrogen and oxygen atoms in total. The Kier molecular flexibility index (Phi) is 3.00. The molecular formula is C12H17N3O4. The number of aromatic nitrogens is 2. The largest absolute Gasteiger partial charge is 0.479 e. The van der Waals surface area contributed by atoms with Gasteiger partial charge in [0.2, 0.25) is 0 Å². The zero-order chi connectivity index (χ0) is 14.3. The molecule has 1 aliphatic carbocycles. The van der Waals surface area contributed by atoms with E-state index in [9.17, 15) is 14.7 Å². The van der Waals surface area contributed by atoms with Crippen molar-refractivity contribution < 1.29 is 19.4 Å². The Morgan fingerprint density at radius 1 is 1.58 bits per heavy atom. The smallest absolute Gasteiger partial charge is 0.408 e. The van der Waals surface area contributed by atoms with Gasteiger partial charge in [-0.25, -0.2) is 9.59 Å². The molecule has 1 saturated carbocycles. The van der Waals surface area contributed by atoms with E-state index in [1.165, 1.54) is 0 Å². The Morgan fingerprint density at radius 2 is 2.26 bits per heavy atom. The van der Waals surface area contributed by atoms with Crippen molar-refractivity contribution in [1.82, 2.24) is 15.5 Å². The number of hydrogen-bond acceptors (Lipinski definition) is 4. The predicted molar refractivity (Wildman–Crippen MR) is 65.7 cm³/mol. The van der Waals surface area contributed by atoms with E-state index in [1.807, 2.05) is 0 Å². The van der Waals surface area contributed by atoms with Gasteiger partial charge in [-0.1, -0.05) is 0 Å². The lowest BCUT2D eigenvalue weighted by Gasteiger charge is -2.22. The van der Waals surface area contributed by atoms with Gasteiger partial charge in [0.25, 0.3) is 0 Å². The number of amides is 1. The molecule has 3 N–H and O–H groups in total. The summed E-state index contributed by atoms with van der Waals surface area (Å²) in [6.07, 6.45) is 2.81. The minimum absolute atomic E-state index is 0.281. The van der Waals surface area contributed by atoms with Gasteiger partial charge in [-0.3, -0.25) is 5.10 Å². The summed E-state index contributed by atoms with van der Waals surface area (Å²) in [4.78, 5) is 23.1. The maximum absolute atomic E-state index is 11.7. The number of ether oxygens (including phenoxy) is 1. The maximum Gasteiger partial charge on any atom is 0.408 e. The van der Waals surface area contributed by atoms with Gasteiger partial charge in [0.1, 0.15) is 11.1 Å². The first-order chi connectivity index (χ1) is 8.74. The third-order valence-electron chi connectivity index (χ3n) is 2.99. The molecule has 1 amide bonds. The van der Waals surface area contributed by atoms with E-state index in [4.69, 9.17) is 4.74 Å². The van der Waals surface area contributed by atoms with E-state index in [-0.39, 0.29) is 5.92 Å². The molecule has 19 heavy (non-hydrogen) atoms. The van der Waals surface area contributed by atoms with Crippen LogP contribution in [0.5, 0.6) is 0 Å². The van der Waals surface area contributed by atoms with Crippen molar-refractivity contribution in [2.45, 2.75) is 44.2 Å². The molecule has 104 valence electrons. The van der Waals surface area contributed by atoms with Crippen molar-refractivity contribution in [2.75, 3.05) is 0 Å². The van der Waals surface area contributed by atoms with Crippen LogP contribution >= 0.6 is 0 Å². The molecule has 1 fully saturated rings. The highest BCUT2D eigenvalue weighted by atomic mass is 16.6. The molecule has 2 rings (SSSR count). The summed E-state index contributed by atoms with van der Waals surface area (Å²) in [5.41, 5.74) is -1.19. The van der Waals surface area contributed by atoms with Crippen molar-refractivity contribution in [1.29, 1.82) is 0 Å². The number of carbonyl (C=O) groups is 2. The Labute approximate surface area is 110 Å². The predicted octanol–water partition coefficient (Wildman–Crippen LogP) is 1.25. The van der Waals surface area contributed by atoms with Gasteiger partial charge in [0.15, 0.2) is 0 Å². The van der Waals surface area contributed by atoms with Crippen LogP contribution in [0.4, 0.5) is 4.79 Å². The number of H-pyrrole nitrogens is 1. The summed E-state index contributed by atoms with van der Waals surface area (Å²) in [7, 11) is 0. The number of aliphatic carboxylic acids is 1. The monoisotopic (exact) mass is 267 g/mol. The van der Waals surface area contributed by atoms with Crippen molar-refractivity contribution in [3.05, 3.63) is 18.0 Å². The highest BCUT2D eigenvalue weighted by Crippen LogP contribution is 2.51. The first-order valence-corrected chi connectivity index (χ1v) is 5.98. The fourth-order valence-corrected chi connectivity index (χ4v) is 2.03. The number of carboxylic acids is 1. The standard InChI is InChI=1S/C12H17N3O4/c1-11(2,3)19-10(18)15-12(9(16)17)4-8(12)7-5-13-14-6-7/h5-6,8H,4H2,1-3H3,(H,13,14)(H,15,18)(H,16,17)/t8-,12-/m0/s1. The highest BCUT2D eigenvalue weighted by Gasteiger charge is 2.63. The van der Waals surface area contributed by atoms with E-state index in [0.717, 1.165) is 5.56 Å². The van der Waals surface area contributed by atoms with Crippen LogP contribution < -0.4 is 5.32 Å². The summed E-state index contributed by atoms with van der Waals surface area (Å²) >= 11 is 0. The molecule has 0 aromatic carbocycles. The van der Waals surface area contributed by atoms with Crippen LogP contribution in [0.1, 0.15) is 38.7 Å². The van der Waals surface area contributed by atoms with Crippen LogP contribution in [0, 0.1) is 0 Å². The Bertz CT molecular complexity index is 492. The van der Waals surface area contributed by atoms with Gasteiger partial charge in [0, 0.05) is 12.1 Å². The van der Waals surface area contributed by atoms with Crippen LogP contribution in [0.2, 0.25) is 0 Å². The van der Waals surface area contributed by atoms with Crippen molar-refractivity contribution in [3.8, 4) is 0 Å². The van der Waals surface area contributed by atoms with Gasteiger partial charge >= 0.3 is 12.1 Å². The minimum atomic E-state index is -1.29. The van der Waals surface area contributed by atoms with Crippen molar-refractivity contribution in [2.24, 2.45) is 0 Å². The van der Waals surface area contributed by atoms with Gasteiger partial charge in [0.05, 0.1) is 6.20 Å². The van der Waals surface area contributed by atoms with Crippen LogP contribution in [0.25, 0.3) is 0 Å². The molecular weight excluding hydrogens is 250 g/mol. The van der Waals surface area contributed by atoms with E-state index < -0.39 is 23.2 Å². The van der Waals surface area contributed by atoms with Gasteiger partial charge < -0.3 is 15.2 Å². The highest BCUT2D eigenvalue weighted by molar-refractivity contribution is 5.89. The molecule has 0 spiro atoms. The second-order valence-electron chi connectivity index (χ2n) is 5.69. The lowest BCUT2D eigenvalue weighted by molar-refractivity contribution is -0.140. The Morgan fingerprint density at radius 3 is 2.74 bits per heavy atom. The van der Waals surface area contributed by atoms with E-state index in [2.05, 4.69) is 15.5 Å². The van der Waals surface area contributed by atoms with Crippen LogP contribution in [0.3, 0.4) is 0 Å². The number of rotatable bonds is 3. The lowest BCUT2D eigenvalue weighted by Crippen LogP contribution is -2.46. The van der Waals surface area contributed by atoms with Gasteiger partial charge in [-0.15, -0.1) is 0 Å². The Hall–Kier alpha value is -2.05. The maximum atomic E-state index is 11.7. The summed E-state index contributed by atoms with van der Waals surface area (Å²) < 4.78 is 5.09. The number of aromatic amines is 1. The normalized spacial score (nSPS) is 25.7. The summed E-state index contributed by atoms with van der Waals surface area (Å²) in [5.74, 6) is -1.35. The molecule has 1 aromatic heterocycles. The van der Waals surface area contributed by atoms with Crippen LogP contribution in [0.15, 0.2) is 12.4 Å². The zero-order valence-corrected chi connectivity index (χ0v) is 11.1. The number of nitrogens with zero attached hydrogens (tertiary/aromatic N) is 1. The fraction of sp³-hybridized carbons (Fsp3) is 0.583. The van der Waals surface area contributed by atoms with E-state index >= 15 is 0 Å². The molecule has 1 aliphatic rings. The quantitative estimate of drug-likeness (QED) is 0.764. The SMILES string of the molecule is CC(C)(C)OC(=O)N[C@@]1(C(=O)O)C[C@H]1c1cn[nH]c1. The topological polar surface area (TPSA) is 104 Å². The molecule has 0 saturated heterocycles. The molecule has 1 heterocycles. The molecule has 1 aromatic rings. The zero-order valence-electron chi connectivity index (χ0n) is 11.1.